The van der Waals surface area contributed by atoms with Crippen molar-refractivity contribution in [2.75, 3.05) is 14.1 Å². The summed E-state index contributed by atoms with van der Waals surface area (Å²) in [6, 6.07) is 0. The van der Waals surface area contributed by atoms with E-state index in [1.807, 2.05) is 0 Å². The van der Waals surface area contributed by atoms with E-state index < -0.39 is 14.6 Å². The molecule has 0 spiro atoms. The van der Waals surface area contributed by atoms with E-state index in [1.54, 1.807) is 0 Å². The maximum atomic E-state index is 2.51. The van der Waals surface area contributed by atoms with Crippen molar-refractivity contribution in [3.8, 4) is 0 Å². The molecule has 0 fully saturated rings. The zero-order valence-electron chi connectivity index (χ0n) is 7.78. The molecule has 0 N–H and O–H groups in total. The predicted octanol–water partition coefficient (Wildman–Crippen LogP) is 2.36. The molecule has 2 heteroatoms. The van der Waals surface area contributed by atoms with Gasteiger partial charge >= 0.3 is 69.7 Å². The SMILES string of the molecule is CC[CH2][Ge]([CH2]CC)[N](C)C. The van der Waals surface area contributed by atoms with Crippen LogP contribution in [0.3, 0.4) is 0 Å². The van der Waals surface area contributed by atoms with E-state index >= 15 is 0 Å². The molecule has 0 amide bonds. The molecule has 0 atom stereocenters. The quantitative estimate of drug-likeness (QED) is 0.619. The van der Waals surface area contributed by atoms with Crippen LogP contribution in [0.1, 0.15) is 26.7 Å². The van der Waals surface area contributed by atoms with Crippen LogP contribution in [0.2, 0.25) is 10.5 Å². The molecule has 0 aliphatic carbocycles. The Morgan fingerprint density at radius 1 is 1.00 bits per heavy atom. The minimum atomic E-state index is -0.731. The van der Waals surface area contributed by atoms with Crippen molar-refractivity contribution in [2.24, 2.45) is 0 Å². The summed E-state index contributed by atoms with van der Waals surface area (Å²) in [6.45, 7) is 4.60. The van der Waals surface area contributed by atoms with Gasteiger partial charge in [0.05, 0.1) is 0 Å². The fourth-order valence-electron chi connectivity index (χ4n) is 1.15. The average Bonchev–Trinajstić information content (AvgIpc) is 1.87. The monoisotopic (exact) mass is 204 g/mol. The van der Waals surface area contributed by atoms with Gasteiger partial charge in [-0.1, -0.05) is 0 Å². The van der Waals surface area contributed by atoms with Gasteiger partial charge in [-0.3, -0.25) is 0 Å². The topological polar surface area (TPSA) is 3.24 Å². The van der Waals surface area contributed by atoms with Gasteiger partial charge in [-0.25, -0.2) is 0 Å². The van der Waals surface area contributed by atoms with E-state index in [-0.39, 0.29) is 0 Å². The number of hydrogen-bond acceptors (Lipinski definition) is 1. The van der Waals surface area contributed by atoms with Crippen LogP contribution in [0.5, 0.6) is 0 Å². The van der Waals surface area contributed by atoms with Gasteiger partial charge in [0.25, 0.3) is 0 Å². The zero-order chi connectivity index (χ0) is 7.98. The van der Waals surface area contributed by atoms with E-state index in [0.717, 1.165) is 0 Å². The van der Waals surface area contributed by atoms with Crippen molar-refractivity contribution in [2.45, 2.75) is 37.2 Å². The number of nitrogens with zero attached hydrogens (tertiary/aromatic N) is 1. The van der Waals surface area contributed by atoms with Gasteiger partial charge in [0.2, 0.25) is 0 Å². The summed E-state index contributed by atoms with van der Waals surface area (Å²) >= 11 is -0.731. The number of rotatable bonds is 5. The second-order valence-corrected chi connectivity index (χ2v) is 9.31. The average molecular weight is 203 g/mol. The van der Waals surface area contributed by atoms with Gasteiger partial charge in [-0.2, -0.15) is 0 Å². The number of hydrogen-bond donors (Lipinski definition) is 0. The molecule has 0 aliphatic rings. The molecular formula is C8H20GeN. The van der Waals surface area contributed by atoms with E-state index in [4.69, 9.17) is 0 Å². The molecule has 0 aromatic rings. The Morgan fingerprint density at radius 3 is 1.60 bits per heavy atom. The summed E-state index contributed by atoms with van der Waals surface area (Å²) in [5.74, 6) is 0. The summed E-state index contributed by atoms with van der Waals surface area (Å²) in [5, 5.41) is 3.03. The summed E-state index contributed by atoms with van der Waals surface area (Å²) in [7, 11) is 4.50. The van der Waals surface area contributed by atoms with Crippen LogP contribution in [-0.4, -0.2) is 32.5 Å². The Balaban J connectivity index is 3.50. The maximum absolute atomic E-state index is 2.51. The third-order valence-electron chi connectivity index (χ3n) is 1.71. The predicted molar refractivity (Wildman–Crippen MR) is 49.6 cm³/mol. The van der Waals surface area contributed by atoms with Crippen molar-refractivity contribution in [1.82, 2.24) is 3.86 Å². The van der Waals surface area contributed by atoms with Gasteiger partial charge in [0.15, 0.2) is 0 Å². The van der Waals surface area contributed by atoms with Gasteiger partial charge in [0.1, 0.15) is 0 Å². The fraction of sp³-hybridized carbons (Fsp3) is 1.00. The molecule has 0 aromatic heterocycles. The fourth-order valence-corrected chi connectivity index (χ4v) is 5.97. The summed E-state index contributed by atoms with van der Waals surface area (Å²) in [6.07, 6.45) is 2.76. The summed E-state index contributed by atoms with van der Waals surface area (Å²) in [4.78, 5) is 0. The molecule has 1 radical (unpaired) electrons. The van der Waals surface area contributed by atoms with Crippen LogP contribution in [0.4, 0.5) is 0 Å². The van der Waals surface area contributed by atoms with E-state index in [2.05, 4.69) is 31.8 Å². The molecule has 0 bridgehead atoms. The van der Waals surface area contributed by atoms with Gasteiger partial charge in [0, 0.05) is 0 Å². The van der Waals surface area contributed by atoms with Gasteiger partial charge in [-0.15, -0.1) is 0 Å². The van der Waals surface area contributed by atoms with E-state index in [0.29, 0.717) is 0 Å². The molecule has 0 aromatic carbocycles. The minimum absolute atomic E-state index is 0.731. The molecule has 0 saturated heterocycles. The van der Waals surface area contributed by atoms with Crippen LogP contribution in [0.15, 0.2) is 0 Å². The van der Waals surface area contributed by atoms with Crippen molar-refractivity contribution >= 4 is 14.6 Å². The van der Waals surface area contributed by atoms with Crippen LogP contribution in [0, 0.1) is 0 Å². The normalized spacial score (nSPS) is 11.4. The van der Waals surface area contributed by atoms with Gasteiger partial charge in [-0.05, 0) is 0 Å². The molecule has 0 rings (SSSR count). The Hall–Kier alpha value is 0.503. The van der Waals surface area contributed by atoms with Crippen LogP contribution >= 0.6 is 0 Å². The molecular weight excluding hydrogens is 183 g/mol. The van der Waals surface area contributed by atoms with Crippen LogP contribution < -0.4 is 0 Å². The first-order valence-electron chi connectivity index (χ1n) is 4.24. The third kappa shape index (κ3) is 4.34. The summed E-state index contributed by atoms with van der Waals surface area (Å²) in [5.41, 5.74) is 0. The van der Waals surface area contributed by atoms with Crippen LogP contribution in [-0.2, 0) is 0 Å². The van der Waals surface area contributed by atoms with Crippen molar-refractivity contribution < 1.29 is 0 Å². The second kappa shape index (κ2) is 6.23. The third-order valence-corrected chi connectivity index (χ3v) is 8.88. The molecule has 10 heavy (non-hydrogen) atoms. The molecule has 0 aliphatic heterocycles. The van der Waals surface area contributed by atoms with E-state index in [9.17, 15) is 0 Å². The van der Waals surface area contributed by atoms with Crippen molar-refractivity contribution in [3.05, 3.63) is 0 Å². The van der Waals surface area contributed by atoms with Crippen LogP contribution in [0.25, 0.3) is 0 Å². The first-order chi connectivity index (χ1) is 4.72. The first kappa shape index (κ1) is 10.5. The molecule has 61 valence electrons. The zero-order valence-corrected chi connectivity index (χ0v) is 9.87. The van der Waals surface area contributed by atoms with Crippen molar-refractivity contribution in [3.63, 3.8) is 0 Å². The van der Waals surface area contributed by atoms with Gasteiger partial charge < -0.3 is 0 Å². The molecule has 0 heterocycles. The summed E-state index contributed by atoms with van der Waals surface area (Å²) < 4.78 is 2.51. The Labute approximate surface area is 70.1 Å². The van der Waals surface area contributed by atoms with Crippen molar-refractivity contribution in [1.29, 1.82) is 0 Å². The molecule has 0 saturated carbocycles. The Kier molecular flexibility index (Phi) is 6.54. The molecule has 0 unspecified atom stereocenters. The standard InChI is InChI=1S/C8H20GeN/c1-5-7-9(8-6-2)10(3)4/h5-8H2,1-4H3. The Morgan fingerprint density at radius 2 is 1.40 bits per heavy atom. The second-order valence-electron chi connectivity index (χ2n) is 2.96. The first-order valence-corrected chi connectivity index (χ1v) is 8.14. The Bertz CT molecular complexity index is 67.7. The van der Waals surface area contributed by atoms with E-state index in [1.165, 1.54) is 23.3 Å². The molecule has 1 nitrogen and oxygen atoms in total.